The second kappa shape index (κ2) is 5.41. The van der Waals surface area contributed by atoms with Crippen LogP contribution in [0.5, 0.6) is 0 Å². The summed E-state index contributed by atoms with van der Waals surface area (Å²) in [6, 6.07) is 0. The molecular weight excluding hydrogens is 294 g/mol. The maximum Gasteiger partial charge on any atom is 0.311 e. The van der Waals surface area contributed by atoms with E-state index in [2.05, 4.69) is 9.97 Å². The number of aromatic amines is 1. The molecule has 1 saturated heterocycles. The Hall–Kier alpha value is -1.85. The van der Waals surface area contributed by atoms with Gasteiger partial charge in [0.05, 0.1) is 20.2 Å². The molecule has 0 aliphatic carbocycles. The van der Waals surface area contributed by atoms with E-state index < -0.39 is 31.1 Å². The Morgan fingerprint density at radius 1 is 1.50 bits per heavy atom. The van der Waals surface area contributed by atoms with Crippen molar-refractivity contribution in [2.45, 2.75) is 31.1 Å². The summed E-state index contributed by atoms with van der Waals surface area (Å²) < 4.78 is 8.46. The third-order valence-electron chi connectivity index (χ3n) is 3.81. The number of aromatic nitrogens is 4. The summed E-state index contributed by atoms with van der Waals surface area (Å²) in [6.07, 6.45) is -2.81. The molecule has 1 unspecified atom stereocenters. The number of rotatable bonds is 3. The molecular formula is C12H18N5O5+. The number of nitrogens with zero attached hydrogens (tertiary/aromatic N) is 3. The Kier molecular flexibility index (Phi) is 3.70. The van der Waals surface area contributed by atoms with E-state index in [0.717, 1.165) is 0 Å². The molecule has 0 spiro atoms. The fourth-order valence-corrected chi connectivity index (χ4v) is 2.69. The molecule has 2 aromatic rings. The van der Waals surface area contributed by atoms with E-state index in [1.807, 2.05) is 0 Å². The highest BCUT2D eigenvalue weighted by molar-refractivity contribution is 5.65. The predicted molar refractivity (Wildman–Crippen MR) is 72.4 cm³/mol. The first-order valence-electron chi connectivity index (χ1n) is 6.79. The molecule has 10 heteroatoms. The molecule has 10 nitrogen and oxygen atoms in total. The van der Waals surface area contributed by atoms with Gasteiger partial charge in [0.2, 0.25) is 11.7 Å². The number of nitrogens with two attached hydrogens (primary N) is 1. The highest BCUT2D eigenvalue weighted by Gasteiger charge is 2.46. The molecule has 3 heterocycles. The number of aryl methyl sites for hydroxylation is 1. The van der Waals surface area contributed by atoms with Gasteiger partial charge in [-0.05, 0) is 0 Å². The van der Waals surface area contributed by atoms with Crippen molar-refractivity contribution >= 4 is 11.2 Å². The molecule has 1 fully saturated rings. The fraction of sp³-hybridized carbons (Fsp3) is 0.583. The van der Waals surface area contributed by atoms with Crippen LogP contribution in [-0.4, -0.2) is 54.8 Å². The van der Waals surface area contributed by atoms with E-state index in [0.29, 0.717) is 5.82 Å². The summed E-state index contributed by atoms with van der Waals surface area (Å²) in [5.74, 6) is 0.296. The van der Waals surface area contributed by atoms with E-state index in [1.165, 1.54) is 15.5 Å². The number of aliphatic hydroxyl groups is 3. The quantitative estimate of drug-likeness (QED) is 0.371. The fourth-order valence-electron chi connectivity index (χ4n) is 2.69. The van der Waals surface area contributed by atoms with Crippen molar-refractivity contribution in [3.8, 4) is 0 Å². The molecule has 22 heavy (non-hydrogen) atoms. The van der Waals surface area contributed by atoms with Crippen molar-refractivity contribution in [3.05, 3.63) is 22.5 Å². The van der Waals surface area contributed by atoms with Crippen LogP contribution in [0.2, 0.25) is 0 Å². The summed E-state index contributed by atoms with van der Waals surface area (Å²) >= 11 is 0. The lowest BCUT2D eigenvalue weighted by atomic mass is 10.1. The van der Waals surface area contributed by atoms with Crippen LogP contribution in [-0.2, 0) is 18.3 Å². The lowest BCUT2D eigenvalue weighted by molar-refractivity contribution is -0.746. The van der Waals surface area contributed by atoms with Crippen LogP contribution < -0.4 is 15.9 Å². The molecule has 0 bridgehead atoms. The van der Waals surface area contributed by atoms with Crippen LogP contribution >= 0.6 is 0 Å². The van der Waals surface area contributed by atoms with Gasteiger partial charge in [0.1, 0.15) is 18.3 Å². The number of H-pyrrole nitrogens is 1. The van der Waals surface area contributed by atoms with Crippen molar-refractivity contribution < 1.29 is 24.6 Å². The van der Waals surface area contributed by atoms with Crippen LogP contribution in [0.15, 0.2) is 11.1 Å². The molecule has 0 radical (unpaired) electrons. The van der Waals surface area contributed by atoms with Crippen LogP contribution in [0, 0.1) is 0 Å². The molecule has 1 aliphatic rings. The summed E-state index contributed by atoms with van der Waals surface area (Å²) in [4.78, 5) is 18.9. The van der Waals surface area contributed by atoms with E-state index in [1.54, 1.807) is 7.05 Å². The first kappa shape index (κ1) is 15.1. The molecule has 6 N–H and O–H groups in total. The van der Waals surface area contributed by atoms with Crippen molar-refractivity contribution in [1.82, 2.24) is 14.5 Å². The molecule has 2 aromatic heterocycles. The second-order valence-electron chi connectivity index (χ2n) is 5.25. The van der Waals surface area contributed by atoms with Crippen LogP contribution in [0.25, 0.3) is 11.2 Å². The Balaban J connectivity index is 2.16. The number of fused-ring (bicyclic) bond motifs is 1. The zero-order chi connectivity index (χ0) is 16.0. The second-order valence-corrected chi connectivity index (χ2v) is 5.25. The maximum absolute atomic E-state index is 12.1. The minimum atomic E-state index is -1.25. The first-order chi connectivity index (χ1) is 10.5. The minimum Gasteiger partial charge on any atom is -0.394 e. The van der Waals surface area contributed by atoms with Crippen molar-refractivity contribution in [2.24, 2.45) is 12.8 Å². The number of ether oxygens (including phenoxy) is 1. The van der Waals surface area contributed by atoms with Gasteiger partial charge in [0.25, 0.3) is 5.56 Å². The van der Waals surface area contributed by atoms with Gasteiger partial charge in [-0.25, -0.2) is 4.57 Å². The Morgan fingerprint density at radius 2 is 2.23 bits per heavy atom. The van der Waals surface area contributed by atoms with Crippen LogP contribution in [0.4, 0.5) is 0 Å². The van der Waals surface area contributed by atoms with Gasteiger partial charge in [-0.2, -0.15) is 0 Å². The summed E-state index contributed by atoms with van der Waals surface area (Å²) in [7, 11) is 1.65. The van der Waals surface area contributed by atoms with Crippen LogP contribution in [0.3, 0.4) is 0 Å². The van der Waals surface area contributed by atoms with E-state index in [4.69, 9.17) is 15.6 Å². The van der Waals surface area contributed by atoms with Crippen molar-refractivity contribution in [2.75, 3.05) is 6.61 Å². The standard InChI is InChI=1S/C12H17N5O5/c1-16-4-17(12-9(20)8(19)5(3-18)22-12)10-7(16)11(21)15-6(2-13)14-10/h4-5,8-9,12,18-20H,2-3,13H2,1H3/p+1/t5-,8+,9?,12-/m1/s1. The Morgan fingerprint density at radius 3 is 2.82 bits per heavy atom. The Labute approximate surface area is 124 Å². The van der Waals surface area contributed by atoms with Gasteiger partial charge in [-0.15, -0.1) is 0 Å². The topological polar surface area (TPSA) is 150 Å². The van der Waals surface area contributed by atoms with E-state index in [-0.39, 0.29) is 23.3 Å². The summed E-state index contributed by atoms with van der Waals surface area (Å²) in [5.41, 5.74) is 5.71. The molecule has 3 rings (SSSR count). The van der Waals surface area contributed by atoms with Gasteiger partial charge in [-0.3, -0.25) is 14.3 Å². The number of nitrogens with one attached hydrogen (secondary N) is 1. The molecule has 0 aromatic carbocycles. The number of aliphatic hydroxyl groups excluding tert-OH is 3. The van der Waals surface area contributed by atoms with E-state index >= 15 is 0 Å². The molecule has 4 atom stereocenters. The van der Waals surface area contributed by atoms with Crippen molar-refractivity contribution in [3.63, 3.8) is 0 Å². The molecule has 120 valence electrons. The smallest absolute Gasteiger partial charge is 0.311 e. The Bertz CT molecular complexity index is 756. The summed E-state index contributed by atoms with van der Waals surface area (Å²) in [5, 5.41) is 29.1. The van der Waals surface area contributed by atoms with Crippen molar-refractivity contribution in [1.29, 1.82) is 0 Å². The summed E-state index contributed by atoms with van der Waals surface area (Å²) in [6.45, 7) is -0.377. The first-order valence-corrected chi connectivity index (χ1v) is 6.79. The molecule has 0 amide bonds. The third-order valence-corrected chi connectivity index (χ3v) is 3.81. The maximum atomic E-state index is 12.1. The largest absolute Gasteiger partial charge is 0.394 e. The lowest BCUT2D eigenvalue weighted by Gasteiger charge is -2.12. The highest BCUT2D eigenvalue weighted by Crippen LogP contribution is 2.26. The predicted octanol–water partition coefficient (Wildman–Crippen LogP) is -3.38. The van der Waals surface area contributed by atoms with Gasteiger partial charge < -0.3 is 25.8 Å². The molecule has 0 saturated carbocycles. The SMILES string of the molecule is Cn1c[n+]([C@@H]2O[C@H](CO)[C@H](O)C2O)c2nc(CN)[nH]c(=O)c21. The van der Waals surface area contributed by atoms with Crippen LogP contribution in [0.1, 0.15) is 12.1 Å². The average Bonchev–Trinajstić information content (AvgIpc) is 2.98. The monoisotopic (exact) mass is 312 g/mol. The van der Waals surface area contributed by atoms with E-state index in [9.17, 15) is 15.0 Å². The van der Waals surface area contributed by atoms with Gasteiger partial charge in [0, 0.05) is 0 Å². The lowest BCUT2D eigenvalue weighted by Crippen LogP contribution is -2.46. The zero-order valence-corrected chi connectivity index (χ0v) is 11.9. The van der Waals surface area contributed by atoms with Gasteiger partial charge >= 0.3 is 5.65 Å². The van der Waals surface area contributed by atoms with Gasteiger partial charge in [0.15, 0.2) is 12.2 Å². The average molecular weight is 312 g/mol. The number of imidazole rings is 1. The zero-order valence-electron chi connectivity index (χ0n) is 11.9. The normalized spacial score (nSPS) is 28.6. The van der Waals surface area contributed by atoms with Gasteiger partial charge in [-0.1, -0.05) is 4.98 Å². The number of hydrogen-bond acceptors (Lipinski definition) is 7. The third kappa shape index (κ3) is 2.12. The minimum absolute atomic E-state index is 0.0516. The molecule has 1 aliphatic heterocycles. The highest BCUT2D eigenvalue weighted by atomic mass is 16.6. The number of hydrogen-bond donors (Lipinski definition) is 5.